The van der Waals surface area contributed by atoms with Gasteiger partial charge in [0.2, 0.25) is 35.4 Å². The zero-order valence-electron chi connectivity index (χ0n) is 49.6. The fourth-order valence-corrected chi connectivity index (χ4v) is 13.6. The highest BCUT2D eigenvalue weighted by atomic mass is 32.1. The van der Waals surface area contributed by atoms with E-state index in [1.54, 1.807) is 17.0 Å². The van der Waals surface area contributed by atoms with Crippen LogP contribution in [-0.4, -0.2) is 158 Å². The maximum absolute atomic E-state index is 14.8. The Labute approximate surface area is 514 Å². The molecular weight excluding hydrogens is 1180 g/mol. The molecule has 0 saturated carbocycles. The molecule has 6 atom stereocenters. The molecule has 6 heterocycles. The molecular formula is C62H75F2N10O12PS. The summed E-state index contributed by atoms with van der Waals surface area (Å²) in [4.78, 5) is 148. The number of nitrogens with one attached hydrogen (secondary N) is 5. The summed E-state index contributed by atoms with van der Waals surface area (Å²) >= 11 is 0.995. The Hall–Kier alpha value is -7.46. The monoisotopic (exact) mass is 1250 g/mol. The van der Waals surface area contributed by atoms with Crippen molar-refractivity contribution in [1.82, 2.24) is 46.2 Å². The largest absolute Gasteiger partial charge is 0.389 e. The van der Waals surface area contributed by atoms with E-state index in [1.807, 2.05) is 42.2 Å². The number of alkyl halides is 2. The summed E-state index contributed by atoms with van der Waals surface area (Å²) in [5.41, 5.74) is 8.39. The molecule has 10 amide bonds. The Bertz CT molecular complexity index is 3400. The van der Waals surface area contributed by atoms with Gasteiger partial charge in [-0.2, -0.15) is 8.78 Å². The van der Waals surface area contributed by atoms with Crippen molar-refractivity contribution in [1.29, 1.82) is 0 Å². The fraction of sp³-hybridized carbons (Fsp3) is 0.500. The van der Waals surface area contributed by atoms with Crippen molar-refractivity contribution in [3.05, 3.63) is 105 Å². The molecule has 4 fully saturated rings. The average Bonchev–Trinajstić information content (AvgIpc) is 1.81. The number of rotatable bonds is 19. The van der Waals surface area contributed by atoms with E-state index in [2.05, 4.69) is 63.7 Å². The molecule has 9 rings (SSSR count). The zero-order valence-corrected chi connectivity index (χ0v) is 51.3. The highest BCUT2D eigenvalue weighted by Gasteiger charge is 2.46. The predicted molar refractivity (Wildman–Crippen MR) is 323 cm³/mol. The van der Waals surface area contributed by atoms with Crippen LogP contribution in [-0.2, 0) is 57.8 Å². The highest BCUT2D eigenvalue weighted by molar-refractivity contribution is 7.39. The molecule has 4 saturated heterocycles. The third kappa shape index (κ3) is 15.5. The number of carbonyl (C=O) groups excluding carboxylic acids is 9. The van der Waals surface area contributed by atoms with Crippen molar-refractivity contribution in [2.24, 2.45) is 11.7 Å². The smallest absolute Gasteiger partial charge is 0.352 e. The molecule has 1 unspecified atom stereocenters. The Morgan fingerprint density at radius 1 is 0.898 bits per heavy atom. The lowest BCUT2D eigenvalue weighted by atomic mass is 9.86. The lowest BCUT2D eigenvalue weighted by molar-refractivity contribution is -0.189. The van der Waals surface area contributed by atoms with Crippen LogP contribution in [0.15, 0.2) is 66.7 Å². The molecule has 3 aromatic carbocycles. The number of fused-ring (bicyclic) bond motifs is 3. The second kappa shape index (κ2) is 27.9. The second-order valence-electron chi connectivity index (χ2n) is 24.1. The van der Waals surface area contributed by atoms with Crippen LogP contribution in [0.4, 0.5) is 13.6 Å². The standard InChI is InChI=1S/C62H75F2N10O12PS/c1-5-71-28-26-42-18-19-49(74(42)59(82)47(35-71)69-56(79)51-33-39-32-41(17-21-50(39)88-51)62(63,64)86-87(84)85)55(78)67-45(23-27-66-60(65)83)53(76)68-46(31-37-13-15-40(16-14-37)61(2,3)4)58(81)72-29-24-36(25-30-72)9-6-7-10-38-11-8-12-43-44(38)34-73(57(43)80)48-20-22-52(75)70-54(48)77/h8,11-17,21,32-33,36,42,45-49,84-85H,5-6,9,18-20,22-31,34-35H2,1-4H3,(H,67,78)(H,68,76)(H,69,79)(H3,65,66,83)(H,70,75,77)/t42-,45+,46+,47+,48?,49+/m1/s1. The van der Waals surface area contributed by atoms with Gasteiger partial charge in [-0.25, -0.2) is 9.32 Å². The SMILES string of the molecule is CCN1CC[C@H]2CC[C@@H](C(=O)N[C@@H](CCNC(N)=O)C(=O)N[C@@H](Cc3ccc(C(C)(C)C)cc3)C(=O)N3CCC(CCC#Cc4cccc5c4CN(C4CCC(=O)NC4=O)C5=O)CC3)N2C(=O)[C@@H](NC(=O)c2cc3cc(C(F)(F)OP(O)O)ccc3s2)C1. The van der Waals surface area contributed by atoms with Crippen molar-refractivity contribution >= 4 is 83.3 Å². The number of primary amides is 1. The van der Waals surface area contributed by atoms with Gasteiger partial charge in [0.15, 0.2) is 0 Å². The van der Waals surface area contributed by atoms with Gasteiger partial charge in [-0.3, -0.25) is 43.7 Å². The summed E-state index contributed by atoms with van der Waals surface area (Å²) in [6, 6.07) is 11.3. The van der Waals surface area contributed by atoms with Gasteiger partial charge in [0.25, 0.3) is 11.8 Å². The van der Waals surface area contributed by atoms with Crippen LogP contribution in [0.5, 0.6) is 0 Å². The van der Waals surface area contributed by atoms with E-state index < -0.39 is 92.1 Å². The number of nitrogens with zero attached hydrogens (tertiary/aromatic N) is 4. The Morgan fingerprint density at radius 2 is 1.64 bits per heavy atom. The number of hydrogen-bond acceptors (Lipinski definition) is 14. The van der Waals surface area contributed by atoms with E-state index in [4.69, 9.17) is 15.5 Å². The molecule has 26 heteroatoms. The number of piperidine rings is 2. The molecule has 4 aromatic rings. The molecule has 0 radical (unpaired) electrons. The zero-order chi connectivity index (χ0) is 63.2. The molecule has 0 bridgehead atoms. The summed E-state index contributed by atoms with van der Waals surface area (Å²) < 4.78 is 33.8. The molecule has 470 valence electrons. The quantitative estimate of drug-likeness (QED) is 0.0357. The first-order chi connectivity index (χ1) is 41.9. The van der Waals surface area contributed by atoms with Gasteiger partial charge in [0.05, 0.1) is 10.4 Å². The van der Waals surface area contributed by atoms with Crippen molar-refractivity contribution in [2.75, 3.05) is 39.3 Å². The van der Waals surface area contributed by atoms with Crippen molar-refractivity contribution in [3.63, 3.8) is 0 Å². The maximum Gasteiger partial charge on any atom is 0.389 e. The van der Waals surface area contributed by atoms with Crippen LogP contribution in [0, 0.1) is 17.8 Å². The number of imide groups is 1. The molecule has 0 aliphatic carbocycles. The van der Waals surface area contributed by atoms with Gasteiger partial charge in [-0.1, -0.05) is 69.9 Å². The molecule has 0 spiro atoms. The summed E-state index contributed by atoms with van der Waals surface area (Å²) in [5.74, 6) is 2.76. The number of amides is 10. The van der Waals surface area contributed by atoms with Crippen LogP contribution in [0.2, 0.25) is 0 Å². The topological polar surface area (TPSA) is 302 Å². The minimum Gasteiger partial charge on any atom is -0.352 e. The molecule has 22 nitrogen and oxygen atoms in total. The van der Waals surface area contributed by atoms with Crippen LogP contribution < -0.4 is 32.3 Å². The summed E-state index contributed by atoms with van der Waals surface area (Å²) in [6.45, 7) is 10.2. The van der Waals surface area contributed by atoms with Gasteiger partial charge >= 0.3 is 20.7 Å². The number of benzene rings is 3. The number of nitrogens with two attached hydrogens (primary N) is 1. The highest BCUT2D eigenvalue weighted by Crippen LogP contribution is 2.43. The van der Waals surface area contributed by atoms with Gasteiger partial charge in [-0.15, -0.1) is 11.3 Å². The van der Waals surface area contributed by atoms with Crippen molar-refractivity contribution < 1.29 is 66.2 Å². The van der Waals surface area contributed by atoms with E-state index in [9.17, 15) is 51.9 Å². The maximum atomic E-state index is 14.8. The van der Waals surface area contributed by atoms with E-state index in [0.29, 0.717) is 74.1 Å². The second-order valence-corrected chi connectivity index (χ2v) is 25.9. The number of urea groups is 1. The number of carbonyl (C=O) groups is 9. The van der Waals surface area contributed by atoms with Gasteiger partial charge < -0.3 is 56.4 Å². The fourth-order valence-electron chi connectivity index (χ4n) is 12.3. The van der Waals surface area contributed by atoms with Crippen LogP contribution in [0.25, 0.3) is 10.1 Å². The Morgan fingerprint density at radius 3 is 2.33 bits per heavy atom. The van der Waals surface area contributed by atoms with Crippen LogP contribution in [0.1, 0.15) is 140 Å². The number of likely N-dealkylation sites (tertiary alicyclic amines) is 1. The first-order valence-electron chi connectivity index (χ1n) is 29.8. The normalized spacial score (nSPS) is 20.9. The first kappa shape index (κ1) is 65.0. The minimum absolute atomic E-state index is 0.0886. The van der Waals surface area contributed by atoms with E-state index in [0.717, 1.165) is 46.6 Å². The van der Waals surface area contributed by atoms with Crippen LogP contribution >= 0.6 is 19.9 Å². The van der Waals surface area contributed by atoms with Crippen LogP contribution in [0.3, 0.4) is 0 Å². The van der Waals surface area contributed by atoms with Crippen molar-refractivity contribution in [2.45, 2.75) is 153 Å². The predicted octanol–water partition coefficient (Wildman–Crippen LogP) is 4.76. The lowest BCUT2D eigenvalue weighted by Crippen LogP contribution is -2.62. The van der Waals surface area contributed by atoms with E-state index in [-0.39, 0.29) is 91.1 Å². The van der Waals surface area contributed by atoms with E-state index >= 15 is 0 Å². The van der Waals surface area contributed by atoms with Gasteiger partial charge in [0, 0.05) is 80.4 Å². The number of hydrogen-bond donors (Lipinski definition) is 8. The lowest BCUT2D eigenvalue weighted by Gasteiger charge is -2.38. The minimum atomic E-state index is -4.03. The number of halogens is 2. The summed E-state index contributed by atoms with van der Waals surface area (Å²) in [7, 11) is -3.38. The first-order valence-corrected chi connectivity index (χ1v) is 31.8. The van der Waals surface area contributed by atoms with Crippen molar-refractivity contribution in [3.8, 4) is 11.8 Å². The molecule has 1 aromatic heterocycles. The Kier molecular flexibility index (Phi) is 20.6. The molecule has 9 N–H and O–H groups in total. The average molecular weight is 1250 g/mol. The molecule has 88 heavy (non-hydrogen) atoms. The van der Waals surface area contributed by atoms with Gasteiger partial charge in [0.1, 0.15) is 30.2 Å². The third-order valence-electron chi connectivity index (χ3n) is 17.3. The number of thiophene rings is 1. The number of likely N-dealkylation sites (N-methyl/N-ethyl adjacent to an activating group) is 1. The Balaban J connectivity index is 0.868. The third-order valence-corrected chi connectivity index (χ3v) is 18.8. The van der Waals surface area contributed by atoms with E-state index in [1.165, 1.54) is 21.9 Å². The van der Waals surface area contributed by atoms with Gasteiger partial charge in [-0.05, 0) is 128 Å². The summed E-state index contributed by atoms with van der Waals surface area (Å²) in [5, 5.41) is 13.7. The molecule has 5 aliphatic rings. The molecule has 5 aliphatic heterocycles. The summed E-state index contributed by atoms with van der Waals surface area (Å²) in [6.07, 6.45) is 0.187.